The maximum Gasteiger partial charge on any atom is 0.0705 e. The molecule has 0 spiro atoms. The zero-order valence-electron chi connectivity index (χ0n) is 11.8. The second-order valence-electron chi connectivity index (χ2n) is 5.55. The Balaban J connectivity index is 1.61. The second-order valence-corrected chi connectivity index (χ2v) is 7.07. The Kier molecular flexibility index (Phi) is 4.59. The molecule has 108 valence electrons. The third-order valence-electron chi connectivity index (χ3n) is 4.29. The summed E-state index contributed by atoms with van der Waals surface area (Å²) in [4.78, 5) is 3.42. The van der Waals surface area contributed by atoms with Crippen LogP contribution in [0.25, 0.3) is 10.9 Å². The van der Waals surface area contributed by atoms with E-state index in [1.54, 1.807) is 0 Å². The molecule has 2 nitrogen and oxygen atoms in total. The highest BCUT2D eigenvalue weighted by Gasteiger charge is 2.20. The summed E-state index contributed by atoms with van der Waals surface area (Å²) in [5.74, 6) is 0. The molecule has 20 heavy (non-hydrogen) atoms. The van der Waals surface area contributed by atoms with Crippen molar-refractivity contribution >= 4 is 34.3 Å². The summed E-state index contributed by atoms with van der Waals surface area (Å²) in [5.41, 5.74) is 2.24. The molecule has 2 N–H and O–H groups in total. The first-order valence-corrected chi connectivity index (χ1v) is 8.95. The first-order chi connectivity index (χ1) is 9.78. The number of halogens is 1. The molecule has 0 amide bonds. The zero-order valence-corrected chi connectivity index (χ0v) is 13.4. The number of rotatable bonds is 4. The summed E-state index contributed by atoms with van der Waals surface area (Å²) in [7, 11) is 0. The van der Waals surface area contributed by atoms with Crippen LogP contribution in [0.3, 0.4) is 0 Å². The molecular weight excluding hydrogens is 288 g/mol. The summed E-state index contributed by atoms with van der Waals surface area (Å²) in [5, 5.41) is 6.51. The fraction of sp³-hybridized carbons (Fsp3) is 0.500. The van der Waals surface area contributed by atoms with Crippen molar-refractivity contribution in [3.8, 4) is 0 Å². The molecule has 1 aromatic carbocycles. The van der Waals surface area contributed by atoms with Gasteiger partial charge >= 0.3 is 0 Å². The van der Waals surface area contributed by atoms with Crippen molar-refractivity contribution in [1.29, 1.82) is 0 Å². The number of aromatic nitrogens is 1. The molecule has 0 bridgehead atoms. The Labute approximate surface area is 129 Å². The molecule has 1 aliphatic rings. The average Bonchev–Trinajstić information content (AvgIpc) is 2.83. The smallest absolute Gasteiger partial charge is 0.0705 e. The molecule has 4 heteroatoms. The molecule has 2 aromatic rings. The predicted octanol–water partition coefficient (Wildman–Crippen LogP) is 4.59. The normalized spacial score (nSPS) is 23.3. The minimum atomic E-state index is 0.640. The van der Waals surface area contributed by atoms with Crippen LogP contribution in [0, 0.1) is 0 Å². The Morgan fingerprint density at radius 3 is 2.70 bits per heavy atom. The quantitative estimate of drug-likeness (QED) is 0.865. The SMILES string of the molecule is CSC1CCC(NCc2[nH]c3ccccc3c2Cl)CC1. The summed E-state index contributed by atoms with van der Waals surface area (Å²) >= 11 is 8.46. The van der Waals surface area contributed by atoms with Gasteiger partial charge < -0.3 is 10.3 Å². The first-order valence-electron chi connectivity index (χ1n) is 7.29. The van der Waals surface area contributed by atoms with Crippen molar-refractivity contribution in [1.82, 2.24) is 10.3 Å². The van der Waals surface area contributed by atoms with E-state index < -0.39 is 0 Å². The van der Waals surface area contributed by atoms with Gasteiger partial charge in [0.05, 0.1) is 5.02 Å². The lowest BCUT2D eigenvalue weighted by molar-refractivity contribution is 0.378. The third kappa shape index (κ3) is 3.00. The topological polar surface area (TPSA) is 27.8 Å². The molecule has 1 fully saturated rings. The highest BCUT2D eigenvalue weighted by molar-refractivity contribution is 7.99. The molecule has 0 radical (unpaired) electrons. The van der Waals surface area contributed by atoms with Crippen LogP contribution in [0.5, 0.6) is 0 Å². The molecule has 0 saturated heterocycles. The second kappa shape index (κ2) is 6.42. The molecule has 1 saturated carbocycles. The van der Waals surface area contributed by atoms with Crippen molar-refractivity contribution in [2.24, 2.45) is 0 Å². The van der Waals surface area contributed by atoms with E-state index in [-0.39, 0.29) is 0 Å². The number of aromatic amines is 1. The van der Waals surface area contributed by atoms with Gasteiger partial charge in [0.2, 0.25) is 0 Å². The van der Waals surface area contributed by atoms with Crippen LogP contribution in [0.1, 0.15) is 31.4 Å². The fourth-order valence-electron chi connectivity index (χ4n) is 3.03. The van der Waals surface area contributed by atoms with Crippen LogP contribution < -0.4 is 5.32 Å². The van der Waals surface area contributed by atoms with Gasteiger partial charge in [-0.15, -0.1) is 0 Å². The van der Waals surface area contributed by atoms with Gasteiger partial charge in [-0.3, -0.25) is 0 Å². The predicted molar refractivity (Wildman–Crippen MR) is 89.7 cm³/mol. The third-order valence-corrected chi connectivity index (χ3v) is 5.86. The van der Waals surface area contributed by atoms with Gasteiger partial charge in [0.1, 0.15) is 0 Å². The Morgan fingerprint density at radius 2 is 2.00 bits per heavy atom. The van der Waals surface area contributed by atoms with Crippen molar-refractivity contribution in [3.63, 3.8) is 0 Å². The van der Waals surface area contributed by atoms with E-state index in [0.29, 0.717) is 6.04 Å². The summed E-state index contributed by atoms with van der Waals surface area (Å²) < 4.78 is 0. The molecule has 0 aliphatic heterocycles. The van der Waals surface area contributed by atoms with E-state index in [1.807, 2.05) is 23.9 Å². The fourth-order valence-corrected chi connectivity index (χ4v) is 4.06. The Morgan fingerprint density at radius 1 is 1.25 bits per heavy atom. The lowest BCUT2D eigenvalue weighted by Crippen LogP contribution is -2.33. The van der Waals surface area contributed by atoms with Crippen LogP contribution in [0.4, 0.5) is 0 Å². The molecule has 1 heterocycles. The average molecular weight is 309 g/mol. The van der Waals surface area contributed by atoms with Crippen molar-refractivity contribution < 1.29 is 0 Å². The monoisotopic (exact) mass is 308 g/mol. The van der Waals surface area contributed by atoms with Crippen LogP contribution in [-0.2, 0) is 6.54 Å². The summed E-state index contributed by atoms with van der Waals surface area (Å²) in [6.07, 6.45) is 7.45. The van der Waals surface area contributed by atoms with E-state index in [1.165, 1.54) is 25.7 Å². The number of hydrogen-bond acceptors (Lipinski definition) is 2. The minimum absolute atomic E-state index is 0.640. The van der Waals surface area contributed by atoms with E-state index in [2.05, 4.69) is 28.7 Å². The van der Waals surface area contributed by atoms with E-state index in [4.69, 9.17) is 11.6 Å². The maximum absolute atomic E-state index is 6.45. The van der Waals surface area contributed by atoms with Crippen molar-refractivity contribution in [2.75, 3.05) is 6.26 Å². The molecule has 3 rings (SSSR count). The Hall–Kier alpha value is -0.640. The number of para-hydroxylation sites is 1. The number of benzene rings is 1. The Bertz CT molecular complexity index is 573. The molecule has 0 unspecified atom stereocenters. The van der Waals surface area contributed by atoms with Gasteiger partial charge in [0.25, 0.3) is 0 Å². The first kappa shape index (κ1) is 14.3. The van der Waals surface area contributed by atoms with Gasteiger partial charge in [0.15, 0.2) is 0 Å². The van der Waals surface area contributed by atoms with E-state index >= 15 is 0 Å². The number of H-pyrrole nitrogens is 1. The standard InChI is InChI=1S/C16H21ClN2S/c1-20-12-8-6-11(7-9-12)18-10-15-16(17)13-4-2-3-5-14(13)19-15/h2-5,11-12,18-19H,6-10H2,1H3. The van der Waals surface area contributed by atoms with E-state index in [9.17, 15) is 0 Å². The van der Waals surface area contributed by atoms with Crippen LogP contribution in [-0.4, -0.2) is 22.5 Å². The number of hydrogen-bond donors (Lipinski definition) is 2. The summed E-state index contributed by atoms with van der Waals surface area (Å²) in [6, 6.07) is 8.86. The van der Waals surface area contributed by atoms with Gasteiger partial charge in [-0.05, 0) is 38.0 Å². The van der Waals surface area contributed by atoms with Gasteiger partial charge in [0, 0.05) is 34.4 Å². The number of nitrogens with one attached hydrogen (secondary N) is 2. The molecular formula is C16H21ClN2S. The lowest BCUT2D eigenvalue weighted by atomic mass is 9.95. The van der Waals surface area contributed by atoms with Gasteiger partial charge in [-0.25, -0.2) is 0 Å². The highest BCUT2D eigenvalue weighted by atomic mass is 35.5. The van der Waals surface area contributed by atoms with Crippen molar-refractivity contribution in [3.05, 3.63) is 35.0 Å². The maximum atomic E-state index is 6.45. The molecule has 1 aliphatic carbocycles. The van der Waals surface area contributed by atoms with Crippen molar-refractivity contribution in [2.45, 2.75) is 43.5 Å². The molecule has 0 atom stereocenters. The van der Waals surface area contributed by atoms with Crippen LogP contribution in [0.2, 0.25) is 5.02 Å². The van der Waals surface area contributed by atoms with Gasteiger partial charge in [-0.2, -0.15) is 11.8 Å². The van der Waals surface area contributed by atoms with E-state index in [0.717, 1.165) is 33.4 Å². The lowest BCUT2D eigenvalue weighted by Gasteiger charge is -2.28. The van der Waals surface area contributed by atoms with Gasteiger partial charge in [-0.1, -0.05) is 29.8 Å². The van der Waals surface area contributed by atoms with Crippen LogP contribution in [0.15, 0.2) is 24.3 Å². The summed E-state index contributed by atoms with van der Waals surface area (Å²) in [6.45, 7) is 0.835. The number of fused-ring (bicyclic) bond motifs is 1. The largest absolute Gasteiger partial charge is 0.356 e. The zero-order chi connectivity index (χ0) is 13.9. The van der Waals surface area contributed by atoms with Crippen LogP contribution >= 0.6 is 23.4 Å². The molecule has 1 aromatic heterocycles. The highest BCUT2D eigenvalue weighted by Crippen LogP contribution is 2.29. The number of thioether (sulfide) groups is 1. The minimum Gasteiger partial charge on any atom is -0.356 e.